The maximum Gasteiger partial charge on any atom is 0.240 e. The van der Waals surface area contributed by atoms with Crippen molar-refractivity contribution in [3.63, 3.8) is 0 Å². The number of carbonyl (C=O) groups is 1. The number of ether oxygens (including phenoxy) is 1. The van der Waals surface area contributed by atoms with Crippen molar-refractivity contribution in [3.8, 4) is 5.75 Å². The molecule has 0 spiro atoms. The molecule has 4 heteroatoms. The van der Waals surface area contributed by atoms with E-state index >= 15 is 0 Å². The lowest BCUT2D eigenvalue weighted by atomic mass is 9.98. The average Bonchev–Trinajstić information content (AvgIpc) is 2.35. The number of carbonyl (C=O) groups excluding carboxylic acids is 1. The molecule has 0 radical (unpaired) electrons. The second-order valence-electron chi connectivity index (χ2n) is 4.11. The molecule has 1 rings (SSSR count). The van der Waals surface area contributed by atoms with E-state index < -0.39 is 0 Å². The van der Waals surface area contributed by atoms with E-state index in [0.29, 0.717) is 5.75 Å². The minimum Gasteiger partial charge on any atom is -0.495 e. The topological polar surface area (TPSA) is 64.3 Å². The van der Waals surface area contributed by atoms with E-state index in [1.54, 1.807) is 7.11 Å². The summed E-state index contributed by atoms with van der Waals surface area (Å²) in [5, 5.41) is 3.15. The molecule has 1 aromatic carbocycles. The number of rotatable bonds is 6. The van der Waals surface area contributed by atoms with Crippen LogP contribution in [-0.4, -0.2) is 19.1 Å². The van der Waals surface area contributed by atoms with E-state index in [0.717, 1.165) is 12.1 Å². The van der Waals surface area contributed by atoms with Crippen LogP contribution in [0.25, 0.3) is 0 Å². The van der Waals surface area contributed by atoms with E-state index in [4.69, 9.17) is 10.5 Å². The minimum atomic E-state index is -0.378. The molecule has 0 aromatic heterocycles. The number of para-hydroxylation sites is 2. The second kappa shape index (κ2) is 6.13. The van der Waals surface area contributed by atoms with Gasteiger partial charge in [0, 0.05) is 0 Å². The van der Waals surface area contributed by atoms with Crippen LogP contribution in [0, 0.1) is 5.92 Å². The highest BCUT2D eigenvalue weighted by atomic mass is 16.5. The largest absolute Gasteiger partial charge is 0.495 e. The van der Waals surface area contributed by atoms with Crippen LogP contribution < -0.4 is 15.8 Å². The van der Waals surface area contributed by atoms with Crippen LogP contribution in [0.2, 0.25) is 0 Å². The van der Waals surface area contributed by atoms with Gasteiger partial charge in [-0.05, 0) is 18.1 Å². The Hall–Kier alpha value is -1.71. The van der Waals surface area contributed by atoms with Gasteiger partial charge in [-0.25, -0.2) is 0 Å². The quantitative estimate of drug-likeness (QED) is 0.794. The van der Waals surface area contributed by atoms with Gasteiger partial charge in [0.2, 0.25) is 5.91 Å². The molecule has 0 aliphatic heterocycles. The number of hydrogen-bond donors (Lipinski definition) is 2. The van der Waals surface area contributed by atoms with Crippen molar-refractivity contribution in [2.45, 2.75) is 26.3 Å². The summed E-state index contributed by atoms with van der Waals surface area (Å²) in [5.74, 6) is 0.546. The molecule has 0 heterocycles. The Labute approximate surface area is 102 Å². The lowest BCUT2D eigenvalue weighted by Crippen LogP contribution is -2.40. The van der Waals surface area contributed by atoms with E-state index in [1.807, 2.05) is 38.1 Å². The number of nitrogens with two attached hydrogens (primary N) is 1. The predicted molar refractivity (Wildman–Crippen MR) is 69.1 cm³/mol. The number of primary amides is 1. The van der Waals surface area contributed by atoms with Crippen molar-refractivity contribution >= 4 is 11.6 Å². The zero-order valence-electron chi connectivity index (χ0n) is 10.6. The summed E-state index contributed by atoms with van der Waals surface area (Å²) in [7, 11) is 1.60. The molecule has 0 saturated carbocycles. The van der Waals surface area contributed by atoms with Crippen molar-refractivity contribution in [3.05, 3.63) is 24.3 Å². The van der Waals surface area contributed by atoms with Gasteiger partial charge in [-0.2, -0.15) is 0 Å². The number of amides is 1. The fraction of sp³-hybridized carbons (Fsp3) is 0.462. The van der Waals surface area contributed by atoms with Crippen LogP contribution in [0.4, 0.5) is 5.69 Å². The van der Waals surface area contributed by atoms with Gasteiger partial charge in [0.1, 0.15) is 11.8 Å². The molecule has 2 atom stereocenters. The third-order valence-electron chi connectivity index (χ3n) is 2.94. The normalized spacial score (nSPS) is 13.8. The zero-order valence-corrected chi connectivity index (χ0v) is 10.6. The molecule has 2 unspecified atom stereocenters. The number of benzene rings is 1. The summed E-state index contributed by atoms with van der Waals surface area (Å²) < 4.78 is 5.22. The molecule has 94 valence electrons. The van der Waals surface area contributed by atoms with Crippen molar-refractivity contribution in [1.29, 1.82) is 0 Å². The summed E-state index contributed by atoms with van der Waals surface area (Å²) in [4.78, 5) is 11.4. The van der Waals surface area contributed by atoms with E-state index in [-0.39, 0.29) is 17.9 Å². The van der Waals surface area contributed by atoms with Crippen molar-refractivity contribution < 1.29 is 9.53 Å². The number of methoxy groups -OCH3 is 1. The molecule has 17 heavy (non-hydrogen) atoms. The summed E-state index contributed by atoms with van der Waals surface area (Å²) in [6.45, 7) is 4.03. The first-order chi connectivity index (χ1) is 8.10. The Morgan fingerprint density at radius 2 is 2.12 bits per heavy atom. The summed E-state index contributed by atoms with van der Waals surface area (Å²) in [6.07, 6.45) is 0.885. The third kappa shape index (κ3) is 3.37. The van der Waals surface area contributed by atoms with Gasteiger partial charge in [-0.1, -0.05) is 32.4 Å². The molecule has 4 nitrogen and oxygen atoms in total. The first-order valence-corrected chi connectivity index (χ1v) is 5.79. The first-order valence-electron chi connectivity index (χ1n) is 5.79. The Bertz CT molecular complexity index is 379. The molecule has 0 fully saturated rings. The predicted octanol–water partition coefficient (Wildman–Crippen LogP) is 2.01. The molecular formula is C13H20N2O2. The number of nitrogens with one attached hydrogen (secondary N) is 1. The van der Waals surface area contributed by atoms with Gasteiger partial charge in [0.15, 0.2) is 0 Å². The highest BCUT2D eigenvalue weighted by Crippen LogP contribution is 2.25. The van der Waals surface area contributed by atoms with Crippen LogP contribution in [0.3, 0.4) is 0 Å². The van der Waals surface area contributed by atoms with E-state index in [9.17, 15) is 4.79 Å². The summed E-state index contributed by atoms with van der Waals surface area (Å²) in [5.41, 5.74) is 6.20. The maximum absolute atomic E-state index is 11.4. The highest BCUT2D eigenvalue weighted by Gasteiger charge is 2.22. The van der Waals surface area contributed by atoms with Crippen molar-refractivity contribution in [1.82, 2.24) is 0 Å². The van der Waals surface area contributed by atoms with Gasteiger partial charge in [0.25, 0.3) is 0 Å². The second-order valence-corrected chi connectivity index (χ2v) is 4.11. The fourth-order valence-corrected chi connectivity index (χ4v) is 1.66. The Kier molecular flexibility index (Phi) is 4.82. The number of hydrogen-bond acceptors (Lipinski definition) is 3. The highest BCUT2D eigenvalue weighted by molar-refractivity contribution is 5.83. The van der Waals surface area contributed by atoms with Crippen LogP contribution in [0.5, 0.6) is 5.75 Å². The standard InChI is InChI=1S/C13H20N2O2/c1-4-9(2)12(13(14)16)15-10-7-5-6-8-11(10)17-3/h5-9,12,15H,4H2,1-3H3,(H2,14,16). The van der Waals surface area contributed by atoms with Crippen LogP contribution in [0.15, 0.2) is 24.3 Å². The van der Waals surface area contributed by atoms with Gasteiger partial charge >= 0.3 is 0 Å². The molecule has 1 aromatic rings. The van der Waals surface area contributed by atoms with E-state index in [2.05, 4.69) is 5.32 Å². The Morgan fingerprint density at radius 1 is 1.47 bits per heavy atom. The van der Waals surface area contributed by atoms with Crippen molar-refractivity contribution in [2.75, 3.05) is 12.4 Å². The third-order valence-corrected chi connectivity index (χ3v) is 2.94. The monoisotopic (exact) mass is 236 g/mol. The summed E-state index contributed by atoms with van der Waals surface area (Å²) >= 11 is 0. The SMILES string of the molecule is CCC(C)C(Nc1ccccc1OC)C(N)=O. The fourth-order valence-electron chi connectivity index (χ4n) is 1.66. The zero-order chi connectivity index (χ0) is 12.8. The molecular weight excluding hydrogens is 216 g/mol. The summed E-state index contributed by atoms with van der Waals surface area (Å²) in [6, 6.07) is 7.11. The lowest BCUT2D eigenvalue weighted by Gasteiger charge is -2.23. The van der Waals surface area contributed by atoms with Gasteiger partial charge < -0.3 is 15.8 Å². The van der Waals surface area contributed by atoms with Gasteiger partial charge in [-0.15, -0.1) is 0 Å². The molecule has 0 aliphatic rings. The van der Waals surface area contributed by atoms with Crippen molar-refractivity contribution in [2.24, 2.45) is 11.7 Å². The molecule has 1 amide bonds. The van der Waals surface area contributed by atoms with Crippen LogP contribution in [-0.2, 0) is 4.79 Å². The van der Waals surface area contributed by atoms with Gasteiger partial charge in [-0.3, -0.25) is 4.79 Å². The molecule has 0 saturated heterocycles. The molecule has 3 N–H and O–H groups in total. The lowest BCUT2D eigenvalue weighted by molar-refractivity contribution is -0.119. The Balaban J connectivity index is 2.89. The van der Waals surface area contributed by atoms with Crippen LogP contribution >= 0.6 is 0 Å². The smallest absolute Gasteiger partial charge is 0.240 e. The first kappa shape index (κ1) is 13.4. The number of anilines is 1. The van der Waals surface area contributed by atoms with Gasteiger partial charge in [0.05, 0.1) is 12.8 Å². The molecule has 0 aliphatic carbocycles. The van der Waals surface area contributed by atoms with E-state index in [1.165, 1.54) is 0 Å². The average molecular weight is 236 g/mol. The van der Waals surface area contributed by atoms with Crippen LogP contribution in [0.1, 0.15) is 20.3 Å². The Morgan fingerprint density at radius 3 is 2.65 bits per heavy atom. The molecule has 0 bridgehead atoms. The maximum atomic E-state index is 11.4. The minimum absolute atomic E-state index is 0.178.